The molecule has 0 bridgehead atoms. The lowest BCUT2D eigenvalue weighted by Gasteiger charge is -2.05. The van der Waals surface area contributed by atoms with Gasteiger partial charge in [0.05, 0.1) is 22.2 Å². The minimum Gasteiger partial charge on any atom is -0.398 e. The molecule has 0 amide bonds. The molecule has 1 rings (SSSR count). The highest BCUT2D eigenvalue weighted by Crippen LogP contribution is 2.22. The molecule has 3 N–H and O–H groups in total. The van der Waals surface area contributed by atoms with Crippen LogP contribution in [0.25, 0.3) is 0 Å². The summed E-state index contributed by atoms with van der Waals surface area (Å²) < 4.78 is 25.3. The number of hydrogen-bond donors (Lipinski definition) is 2. The van der Waals surface area contributed by atoms with Gasteiger partial charge in [0.2, 0.25) is 10.0 Å². The number of nitrogens with one attached hydrogen (secondary N) is 1. The number of terminal acetylenes is 1. The van der Waals surface area contributed by atoms with Crippen LogP contribution in [-0.2, 0) is 10.0 Å². The molecule has 0 fully saturated rings. The van der Waals surface area contributed by atoms with E-state index >= 15 is 0 Å². The van der Waals surface area contributed by atoms with E-state index in [9.17, 15) is 8.42 Å². The maximum Gasteiger partial charge on any atom is 0.241 e. The molecule has 0 aromatic heterocycles. The summed E-state index contributed by atoms with van der Waals surface area (Å²) in [4.78, 5) is 0.0388. The predicted molar refractivity (Wildman–Crippen MR) is 59.9 cm³/mol. The fourth-order valence-electron chi connectivity index (χ4n) is 0.895. The largest absolute Gasteiger partial charge is 0.398 e. The Hall–Kier alpha value is -1.22. The van der Waals surface area contributed by atoms with Crippen molar-refractivity contribution in [3.8, 4) is 12.3 Å². The van der Waals surface area contributed by atoms with Crippen LogP contribution >= 0.6 is 11.6 Å². The van der Waals surface area contributed by atoms with Gasteiger partial charge in [0.25, 0.3) is 0 Å². The zero-order chi connectivity index (χ0) is 11.5. The van der Waals surface area contributed by atoms with Crippen LogP contribution < -0.4 is 10.5 Å². The first kappa shape index (κ1) is 11.9. The van der Waals surface area contributed by atoms with Gasteiger partial charge in [0.15, 0.2) is 0 Å². The Morgan fingerprint density at radius 3 is 2.73 bits per heavy atom. The zero-order valence-electron chi connectivity index (χ0n) is 7.70. The number of nitrogens with two attached hydrogens (primary N) is 1. The molecule has 0 spiro atoms. The number of sulfonamides is 1. The lowest BCUT2D eigenvalue weighted by atomic mass is 10.3. The molecule has 80 valence electrons. The van der Waals surface area contributed by atoms with Crippen molar-refractivity contribution in [1.29, 1.82) is 0 Å². The van der Waals surface area contributed by atoms with E-state index in [1.165, 1.54) is 18.2 Å². The van der Waals surface area contributed by atoms with Crippen LogP contribution in [0.1, 0.15) is 0 Å². The number of rotatable bonds is 3. The zero-order valence-corrected chi connectivity index (χ0v) is 9.27. The lowest BCUT2D eigenvalue weighted by Crippen LogP contribution is -2.23. The minimum absolute atomic E-state index is 0.0388. The number of nitrogen functional groups attached to an aromatic ring is 1. The van der Waals surface area contributed by atoms with E-state index in [0.29, 0.717) is 5.69 Å². The van der Waals surface area contributed by atoms with Gasteiger partial charge in [-0.1, -0.05) is 17.5 Å². The molecule has 0 saturated carbocycles. The standard InChI is InChI=1S/C9H9ClN2O2S/c1-2-5-12-15(13,14)7-3-4-9(11)8(10)6-7/h1,3-4,6,12H,5,11H2. The average Bonchev–Trinajstić information content (AvgIpc) is 2.19. The van der Waals surface area contributed by atoms with Gasteiger partial charge in [0.1, 0.15) is 0 Å². The Morgan fingerprint density at radius 2 is 2.20 bits per heavy atom. The molecule has 15 heavy (non-hydrogen) atoms. The Morgan fingerprint density at radius 1 is 1.53 bits per heavy atom. The van der Waals surface area contributed by atoms with E-state index < -0.39 is 10.0 Å². The van der Waals surface area contributed by atoms with Crippen molar-refractivity contribution in [1.82, 2.24) is 4.72 Å². The molecule has 0 radical (unpaired) electrons. The monoisotopic (exact) mass is 244 g/mol. The van der Waals surface area contributed by atoms with Crippen molar-refractivity contribution in [3.63, 3.8) is 0 Å². The van der Waals surface area contributed by atoms with Gasteiger partial charge in [-0.05, 0) is 18.2 Å². The molecule has 1 aromatic rings. The van der Waals surface area contributed by atoms with Crippen molar-refractivity contribution in [2.24, 2.45) is 0 Å². The Balaban J connectivity index is 3.07. The minimum atomic E-state index is -3.59. The first-order valence-corrected chi connectivity index (χ1v) is 5.81. The summed E-state index contributed by atoms with van der Waals surface area (Å²) in [5, 5.41) is 0.193. The van der Waals surface area contributed by atoms with Gasteiger partial charge in [-0.15, -0.1) is 6.42 Å². The van der Waals surface area contributed by atoms with Gasteiger partial charge < -0.3 is 5.73 Å². The van der Waals surface area contributed by atoms with Gasteiger partial charge in [-0.25, -0.2) is 8.42 Å². The molecule has 0 heterocycles. The highest BCUT2D eigenvalue weighted by molar-refractivity contribution is 7.89. The number of halogens is 1. The molecule has 0 atom stereocenters. The Labute approximate surface area is 93.5 Å². The third-order valence-corrected chi connectivity index (χ3v) is 3.37. The molecule has 0 aliphatic carbocycles. The van der Waals surface area contributed by atoms with E-state index in [-0.39, 0.29) is 16.5 Å². The Bertz CT molecular complexity index is 505. The summed E-state index contributed by atoms with van der Waals surface area (Å²) in [6.07, 6.45) is 4.94. The molecular weight excluding hydrogens is 236 g/mol. The second-order valence-corrected chi connectivity index (χ2v) is 4.89. The van der Waals surface area contributed by atoms with Crippen LogP contribution in [0.3, 0.4) is 0 Å². The molecule has 0 aliphatic heterocycles. The van der Waals surface area contributed by atoms with Gasteiger partial charge in [-0.2, -0.15) is 4.72 Å². The van der Waals surface area contributed by atoms with Gasteiger partial charge in [0, 0.05) is 0 Å². The average molecular weight is 245 g/mol. The van der Waals surface area contributed by atoms with Crippen molar-refractivity contribution >= 4 is 27.3 Å². The number of benzene rings is 1. The molecule has 1 aromatic carbocycles. The maximum absolute atomic E-state index is 11.5. The topological polar surface area (TPSA) is 72.2 Å². The molecular formula is C9H9ClN2O2S. The van der Waals surface area contributed by atoms with Gasteiger partial charge in [-0.3, -0.25) is 0 Å². The quantitative estimate of drug-likeness (QED) is 0.611. The predicted octanol–water partition coefficient (Wildman–Crippen LogP) is 0.834. The van der Waals surface area contributed by atoms with Crippen LogP contribution in [-0.4, -0.2) is 15.0 Å². The van der Waals surface area contributed by atoms with Crippen LogP contribution in [0.4, 0.5) is 5.69 Å². The summed E-state index contributed by atoms with van der Waals surface area (Å²) in [7, 11) is -3.59. The van der Waals surface area contributed by atoms with Crippen LogP contribution in [0.5, 0.6) is 0 Å². The molecule has 0 unspecified atom stereocenters. The third kappa shape index (κ3) is 2.86. The molecule has 0 saturated heterocycles. The van der Waals surface area contributed by atoms with Crippen LogP contribution in [0, 0.1) is 12.3 Å². The van der Waals surface area contributed by atoms with E-state index in [0.717, 1.165) is 0 Å². The fourth-order valence-corrected chi connectivity index (χ4v) is 2.10. The van der Waals surface area contributed by atoms with Crippen LogP contribution in [0.15, 0.2) is 23.1 Å². The van der Waals surface area contributed by atoms with E-state index in [4.69, 9.17) is 23.8 Å². The Kier molecular flexibility index (Phi) is 3.58. The second-order valence-electron chi connectivity index (χ2n) is 2.71. The molecule has 6 heteroatoms. The first-order chi connectivity index (χ1) is 6.97. The van der Waals surface area contributed by atoms with Crippen molar-refractivity contribution in [2.75, 3.05) is 12.3 Å². The summed E-state index contributed by atoms with van der Waals surface area (Å²) in [6.45, 7) is -0.0651. The van der Waals surface area contributed by atoms with Crippen LogP contribution in [0.2, 0.25) is 5.02 Å². The van der Waals surface area contributed by atoms with Crippen molar-refractivity contribution < 1.29 is 8.42 Å². The lowest BCUT2D eigenvalue weighted by molar-refractivity contribution is 0.586. The normalized spacial score (nSPS) is 10.9. The van der Waals surface area contributed by atoms with Gasteiger partial charge >= 0.3 is 0 Å². The highest BCUT2D eigenvalue weighted by atomic mass is 35.5. The van der Waals surface area contributed by atoms with E-state index in [1.807, 2.05) is 0 Å². The fraction of sp³-hybridized carbons (Fsp3) is 0.111. The molecule has 4 nitrogen and oxygen atoms in total. The summed E-state index contributed by atoms with van der Waals surface area (Å²) >= 11 is 5.70. The maximum atomic E-state index is 11.5. The highest BCUT2D eigenvalue weighted by Gasteiger charge is 2.13. The van der Waals surface area contributed by atoms with E-state index in [1.54, 1.807) is 0 Å². The summed E-state index contributed by atoms with van der Waals surface area (Å²) in [5.41, 5.74) is 5.78. The van der Waals surface area contributed by atoms with E-state index in [2.05, 4.69) is 10.6 Å². The summed E-state index contributed by atoms with van der Waals surface area (Å²) in [5.74, 6) is 2.17. The van der Waals surface area contributed by atoms with Crippen molar-refractivity contribution in [3.05, 3.63) is 23.2 Å². The second kappa shape index (κ2) is 4.53. The first-order valence-electron chi connectivity index (χ1n) is 3.95. The SMILES string of the molecule is C#CCNS(=O)(=O)c1ccc(N)c(Cl)c1. The summed E-state index contributed by atoms with van der Waals surface area (Å²) in [6, 6.07) is 4.06. The molecule has 0 aliphatic rings. The van der Waals surface area contributed by atoms with Crippen molar-refractivity contribution in [2.45, 2.75) is 4.90 Å². The third-order valence-electron chi connectivity index (χ3n) is 1.65. The number of anilines is 1. The number of hydrogen-bond acceptors (Lipinski definition) is 3. The smallest absolute Gasteiger partial charge is 0.241 e.